The summed E-state index contributed by atoms with van der Waals surface area (Å²) in [5.74, 6) is -0.188. The monoisotopic (exact) mass is 266 g/mol. The predicted octanol–water partition coefficient (Wildman–Crippen LogP) is 2.45. The van der Waals surface area contributed by atoms with Crippen molar-refractivity contribution in [2.45, 2.75) is 13.0 Å². The van der Waals surface area contributed by atoms with Crippen LogP contribution in [0.3, 0.4) is 0 Å². The second-order valence-corrected chi connectivity index (χ2v) is 4.59. The second-order valence-electron chi connectivity index (χ2n) is 4.59. The molecule has 5 heteroatoms. The number of H-pyrrole nitrogens is 1. The Bertz CT molecular complexity index is 736. The molecule has 0 aliphatic carbocycles. The van der Waals surface area contributed by atoms with Crippen molar-refractivity contribution in [3.63, 3.8) is 0 Å². The summed E-state index contributed by atoms with van der Waals surface area (Å²) in [4.78, 5) is 16.3. The highest BCUT2D eigenvalue weighted by Gasteiger charge is 2.16. The molecule has 0 aliphatic heterocycles. The molecule has 0 unspecified atom stereocenters. The van der Waals surface area contributed by atoms with Crippen molar-refractivity contribution >= 4 is 16.8 Å². The maximum atomic E-state index is 12.3. The molecule has 1 amide bonds. The fraction of sp³-hybridized carbons (Fsp3) is 0.133. The van der Waals surface area contributed by atoms with Gasteiger partial charge in [0.2, 0.25) is 0 Å². The van der Waals surface area contributed by atoms with Crippen molar-refractivity contribution in [3.05, 3.63) is 60.0 Å². The Kier molecular flexibility index (Phi) is 3.16. The van der Waals surface area contributed by atoms with E-state index < -0.39 is 0 Å². The highest BCUT2D eigenvalue weighted by Crippen LogP contribution is 2.17. The molecule has 2 aromatic heterocycles. The number of rotatable bonds is 3. The molecular formula is C15H14N4O. The Balaban J connectivity index is 1.83. The van der Waals surface area contributed by atoms with Crippen molar-refractivity contribution in [2.75, 3.05) is 0 Å². The molecule has 20 heavy (non-hydrogen) atoms. The molecule has 0 aliphatic rings. The van der Waals surface area contributed by atoms with Crippen LogP contribution in [0.2, 0.25) is 0 Å². The number of hydrogen-bond donors (Lipinski definition) is 2. The van der Waals surface area contributed by atoms with Crippen LogP contribution in [0.15, 0.2) is 48.8 Å². The first kappa shape index (κ1) is 12.3. The maximum absolute atomic E-state index is 12.3. The fourth-order valence-electron chi connectivity index (χ4n) is 2.14. The summed E-state index contributed by atoms with van der Waals surface area (Å²) in [7, 11) is 0. The average molecular weight is 266 g/mol. The molecule has 0 spiro atoms. The van der Waals surface area contributed by atoms with E-state index in [0.717, 1.165) is 16.5 Å². The summed E-state index contributed by atoms with van der Waals surface area (Å²) in [6.45, 7) is 1.93. The van der Waals surface area contributed by atoms with Crippen LogP contribution in [0.1, 0.15) is 29.0 Å². The SMILES string of the molecule is C[C@H](NC(=O)c1n[nH]c2ccccc12)c1ccncc1. The lowest BCUT2D eigenvalue weighted by Gasteiger charge is -2.13. The molecule has 0 bridgehead atoms. The molecule has 2 N–H and O–H groups in total. The van der Waals surface area contributed by atoms with Crippen molar-refractivity contribution in [1.29, 1.82) is 0 Å². The van der Waals surface area contributed by atoms with Gasteiger partial charge in [0.25, 0.3) is 5.91 Å². The molecule has 0 fully saturated rings. The zero-order chi connectivity index (χ0) is 13.9. The molecule has 1 aromatic carbocycles. The van der Waals surface area contributed by atoms with E-state index in [9.17, 15) is 4.79 Å². The molecule has 3 aromatic rings. The molecule has 5 nitrogen and oxygen atoms in total. The summed E-state index contributed by atoms with van der Waals surface area (Å²) in [6, 6.07) is 11.2. The number of nitrogens with zero attached hydrogens (tertiary/aromatic N) is 2. The minimum atomic E-state index is -0.188. The summed E-state index contributed by atoms with van der Waals surface area (Å²) < 4.78 is 0. The van der Waals surface area contributed by atoms with Crippen molar-refractivity contribution in [2.24, 2.45) is 0 Å². The molecule has 100 valence electrons. The number of aromatic amines is 1. The number of hydrogen-bond acceptors (Lipinski definition) is 3. The summed E-state index contributed by atoms with van der Waals surface area (Å²) in [6.07, 6.45) is 3.42. The third-order valence-corrected chi connectivity index (χ3v) is 3.24. The highest BCUT2D eigenvalue weighted by atomic mass is 16.2. The largest absolute Gasteiger partial charge is 0.344 e. The van der Waals surface area contributed by atoms with Gasteiger partial charge < -0.3 is 5.32 Å². The van der Waals surface area contributed by atoms with Gasteiger partial charge in [-0.25, -0.2) is 0 Å². The number of carbonyl (C=O) groups is 1. The maximum Gasteiger partial charge on any atom is 0.272 e. The Morgan fingerprint density at radius 2 is 1.95 bits per heavy atom. The predicted molar refractivity (Wildman–Crippen MR) is 76.2 cm³/mol. The van der Waals surface area contributed by atoms with Gasteiger partial charge in [-0.05, 0) is 30.7 Å². The van der Waals surface area contributed by atoms with Gasteiger partial charge in [0.1, 0.15) is 0 Å². The van der Waals surface area contributed by atoms with Crippen LogP contribution in [-0.2, 0) is 0 Å². The van der Waals surface area contributed by atoms with E-state index in [1.54, 1.807) is 12.4 Å². The first-order valence-electron chi connectivity index (χ1n) is 6.39. The number of carbonyl (C=O) groups excluding carboxylic acids is 1. The van der Waals surface area contributed by atoms with Crippen LogP contribution in [-0.4, -0.2) is 21.1 Å². The second kappa shape index (κ2) is 5.13. The summed E-state index contributed by atoms with van der Waals surface area (Å²) in [5, 5.41) is 10.7. The van der Waals surface area contributed by atoms with Crippen LogP contribution in [0.5, 0.6) is 0 Å². The minimum Gasteiger partial charge on any atom is -0.344 e. The van der Waals surface area contributed by atoms with Gasteiger partial charge in [-0.1, -0.05) is 18.2 Å². The molecule has 3 rings (SSSR count). The smallest absolute Gasteiger partial charge is 0.272 e. The molecule has 2 heterocycles. The van der Waals surface area contributed by atoms with E-state index in [1.807, 2.05) is 43.3 Å². The number of amides is 1. The van der Waals surface area contributed by atoms with Gasteiger partial charge >= 0.3 is 0 Å². The van der Waals surface area contributed by atoms with Gasteiger partial charge in [-0.15, -0.1) is 0 Å². The van der Waals surface area contributed by atoms with Crippen molar-refractivity contribution in [3.8, 4) is 0 Å². The van der Waals surface area contributed by atoms with Crippen LogP contribution >= 0.6 is 0 Å². The molecule has 1 atom stereocenters. The Morgan fingerprint density at radius 3 is 2.75 bits per heavy atom. The zero-order valence-electron chi connectivity index (χ0n) is 11.0. The normalized spacial score (nSPS) is 12.2. The van der Waals surface area contributed by atoms with Gasteiger partial charge in [-0.2, -0.15) is 5.10 Å². The first-order chi connectivity index (χ1) is 9.75. The Labute approximate surface area is 116 Å². The van der Waals surface area contributed by atoms with Crippen molar-refractivity contribution in [1.82, 2.24) is 20.5 Å². The highest BCUT2D eigenvalue weighted by molar-refractivity contribution is 6.04. The number of nitrogens with one attached hydrogen (secondary N) is 2. The molecule has 0 saturated carbocycles. The van der Waals surface area contributed by atoms with E-state index in [1.165, 1.54) is 0 Å². The minimum absolute atomic E-state index is 0.0963. The van der Waals surface area contributed by atoms with Gasteiger partial charge in [0.05, 0.1) is 11.6 Å². The summed E-state index contributed by atoms with van der Waals surface area (Å²) in [5.41, 5.74) is 2.28. The fourth-order valence-corrected chi connectivity index (χ4v) is 2.14. The topological polar surface area (TPSA) is 70.7 Å². The van der Waals surface area contributed by atoms with Gasteiger partial charge in [0, 0.05) is 17.8 Å². The lowest BCUT2D eigenvalue weighted by Crippen LogP contribution is -2.27. The number of aromatic nitrogens is 3. The number of fused-ring (bicyclic) bond motifs is 1. The number of benzene rings is 1. The third-order valence-electron chi connectivity index (χ3n) is 3.24. The van der Waals surface area contributed by atoms with E-state index in [4.69, 9.17) is 0 Å². The van der Waals surface area contributed by atoms with E-state index in [-0.39, 0.29) is 11.9 Å². The summed E-state index contributed by atoms with van der Waals surface area (Å²) >= 11 is 0. The van der Waals surface area contributed by atoms with Crippen LogP contribution < -0.4 is 5.32 Å². The Morgan fingerprint density at radius 1 is 1.20 bits per heavy atom. The standard InChI is InChI=1S/C15H14N4O/c1-10(11-6-8-16-9-7-11)17-15(20)14-12-4-2-3-5-13(12)18-19-14/h2-10H,1H3,(H,17,20)(H,18,19)/t10-/m0/s1. The number of para-hydroxylation sites is 1. The lowest BCUT2D eigenvalue weighted by atomic mass is 10.1. The van der Waals surface area contributed by atoms with Crippen LogP contribution in [0.25, 0.3) is 10.9 Å². The molecule has 0 saturated heterocycles. The lowest BCUT2D eigenvalue weighted by molar-refractivity contribution is 0.0936. The van der Waals surface area contributed by atoms with E-state index >= 15 is 0 Å². The van der Waals surface area contributed by atoms with Crippen LogP contribution in [0, 0.1) is 0 Å². The van der Waals surface area contributed by atoms with E-state index in [0.29, 0.717) is 5.69 Å². The van der Waals surface area contributed by atoms with E-state index in [2.05, 4.69) is 20.5 Å². The molecule has 0 radical (unpaired) electrons. The average Bonchev–Trinajstić information content (AvgIpc) is 2.92. The van der Waals surface area contributed by atoms with Crippen molar-refractivity contribution < 1.29 is 4.79 Å². The first-order valence-corrected chi connectivity index (χ1v) is 6.39. The third kappa shape index (κ3) is 2.25. The van der Waals surface area contributed by atoms with Crippen LogP contribution in [0.4, 0.5) is 0 Å². The molecular weight excluding hydrogens is 252 g/mol. The zero-order valence-corrected chi connectivity index (χ0v) is 11.0. The number of pyridine rings is 1. The van der Waals surface area contributed by atoms with Gasteiger partial charge in [0.15, 0.2) is 5.69 Å². The Hall–Kier alpha value is -2.69. The quantitative estimate of drug-likeness (QED) is 0.765. The van der Waals surface area contributed by atoms with Gasteiger partial charge in [-0.3, -0.25) is 14.9 Å².